The normalized spacial score (nSPS) is 28.4. The molecule has 2 heterocycles. The van der Waals surface area contributed by atoms with E-state index in [1.807, 2.05) is 18.4 Å². The van der Waals surface area contributed by atoms with Gasteiger partial charge in [-0.25, -0.2) is 4.98 Å². The van der Waals surface area contributed by atoms with Gasteiger partial charge in [-0.1, -0.05) is 6.42 Å². The Bertz CT molecular complexity index is 376. The van der Waals surface area contributed by atoms with Crippen LogP contribution in [0.2, 0.25) is 0 Å². The predicted octanol–water partition coefficient (Wildman–Crippen LogP) is 2.63. The molecular weight excluding hydrogens is 230 g/mol. The second-order valence-corrected chi connectivity index (χ2v) is 6.08. The summed E-state index contributed by atoms with van der Waals surface area (Å²) in [4.78, 5) is 7.35. The Morgan fingerprint density at radius 1 is 1.41 bits per heavy atom. The number of aromatic nitrogens is 1. The molecule has 3 rings (SSSR count). The van der Waals surface area contributed by atoms with Crippen molar-refractivity contribution in [2.75, 3.05) is 18.5 Å². The van der Waals surface area contributed by atoms with Gasteiger partial charge < -0.3 is 10.2 Å². The Labute approximate surface area is 107 Å². The van der Waals surface area contributed by atoms with Crippen molar-refractivity contribution in [1.82, 2.24) is 10.3 Å². The molecule has 94 valence electrons. The van der Waals surface area contributed by atoms with Crippen LogP contribution in [0, 0.1) is 5.92 Å². The molecule has 2 fully saturated rings. The first kappa shape index (κ1) is 11.5. The maximum absolute atomic E-state index is 4.77. The Morgan fingerprint density at radius 2 is 2.29 bits per heavy atom. The van der Waals surface area contributed by atoms with Crippen molar-refractivity contribution < 1.29 is 0 Å². The highest BCUT2D eigenvalue weighted by Crippen LogP contribution is 2.39. The fraction of sp³-hybridized carbons (Fsp3) is 0.769. The summed E-state index contributed by atoms with van der Waals surface area (Å²) in [7, 11) is 1.98. The number of hydrogen-bond donors (Lipinski definition) is 1. The first-order valence-electron chi connectivity index (χ1n) is 6.74. The molecule has 1 aliphatic heterocycles. The lowest BCUT2D eigenvalue weighted by Crippen LogP contribution is -2.42. The summed E-state index contributed by atoms with van der Waals surface area (Å²) < 4.78 is 0. The van der Waals surface area contributed by atoms with Crippen molar-refractivity contribution in [2.45, 2.75) is 44.7 Å². The van der Waals surface area contributed by atoms with Crippen LogP contribution in [-0.4, -0.2) is 24.6 Å². The molecule has 1 aliphatic carbocycles. The second-order valence-electron chi connectivity index (χ2n) is 5.25. The van der Waals surface area contributed by atoms with E-state index in [-0.39, 0.29) is 0 Å². The summed E-state index contributed by atoms with van der Waals surface area (Å²) in [5.74, 6) is 0.945. The molecule has 0 spiro atoms. The third-order valence-electron chi connectivity index (χ3n) is 4.14. The SMILES string of the molecule is CNCc1csc(N2CCCC3CCCC32)n1. The van der Waals surface area contributed by atoms with E-state index in [4.69, 9.17) is 4.98 Å². The zero-order valence-corrected chi connectivity index (χ0v) is 11.3. The molecule has 2 aliphatic rings. The average molecular weight is 251 g/mol. The zero-order chi connectivity index (χ0) is 11.7. The van der Waals surface area contributed by atoms with Gasteiger partial charge in [-0.3, -0.25) is 0 Å². The maximum Gasteiger partial charge on any atom is 0.185 e. The molecule has 2 unspecified atom stereocenters. The lowest BCUT2D eigenvalue weighted by atomic mass is 9.92. The zero-order valence-electron chi connectivity index (χ0n) is 10.5. The number of nitrogens with zero attached hydrogens (tertiary/aromatic N) is 2. The number of rotatable bonds is 3. The molecule has 0 aromatic carbocycles. The van der Waals surface area contributed by atoms with E-state index in [1.54, 1.807) is 0 Å². The first-order chi connectivity index (χ1) is 8.38. The largest absolute Gasteiger partial charge is 0.345 e. The number of fused-ring (bicyclic) bond motifs is 1. The highest BCUT2D eigenvalue weighted by atomic mass is 32.1. The highest BCUT2D eigenvalue weighted by molar-refractivity contribution is 7.13. The topological polar surface area (TPSA) is 28.2 Å². The molecule has 1 aromatic rings. The van der Waals surface area contributed by atoms with Gasteiger partial charge in [-0.2, -0.15) is 0 Å². The summed E-state index contributed by atoms with van der Waals surface area (Å²) in [6.45, 7) is 2.10. The smallest absolute Gasteiger partial charge is 0.185 e. The van der Waals surface area contributed by atoms with E-state index in [9.17, 15) is 0 Å². The van der Waals surface area contributed by atoms with Gasteiger partial charge in [0.05, 0.1) is 5.69 Å². The number of piperidine rings is 1. The summed E-state index contributed by atoms with van der Waals surface area (Å²) in [6, 6.07) is 0.789. The van der Waals surface area contributed by atoms with E-state index in [1.165, 1.54) is 49.5 Å². The van der Waals surface area contributed by atoms with Crippen molar-refractivity contribution >= 4 is 16.5 Å². The monoisotopic (exact) mass is 251 g/mol. The van der Waals surface area contributed by atoms with E-state index >= 15 is 0 Å². The van der Waals surface area contributed by atoms with Crippen molar-refractivity contribution in [3.05, 3.63) is 11.1 Å². The van der Waals surface area contributed by atoms with Crippen LogP contribution in [-0.2, 0) is 6.54 Å². The minimum absolute atomic E-state index is 0.789. The van der Waals surface area contributed by atoms with Crippen molar-refractivity contribution in [3.8, 4) is 0 Å². The predicted molar refractivity (Wildman–Crippen MR) is 72.6 cm³/mol. The molecule has 1 saturated carbocycles. The van der Waals surface area contributed by atoms with Crippen LogP contribution >= 0.6 is 11.3 Å². The summed E-state index contributed by atoms with van der Waals surface area (Å²) >= 11 is 1.82. The van der Waals surface area contributed by atoms with Crippen molar-refractivity contribution in [3.63, 3.8) is 0 Å². The molecule has 1 aromatic heterocycles. The molecular formula is C13H21N3S. The molecule has 0 amide bonds. The molecule has 1 N–H and O–H groups in total. The van der Waals surface area contributed by atoms with E-state index in [0.717, 1.165) is 18.5 Å². The third kappa shape index (κ3) is 2.20. The van der Waals surface area contributed by atoms with Gasteiger partial charge >= 0.3 is 0 Å². The lowest BCUT2D eigenvalue weighted by molar-refractivity contribution is 0.362. The molecule has 2 atom stereocenters. The lowest BCUT2D eigenvalue weighted by Gasteiger charge is -2.37. The van der Waals surface area contributed by atoms with Crippen LogP contribution in [0.3, 0.4) is 0 Å². The van der Waals surface area contributed by atoms with Crippen molar-refractivity contribution in [1.29, 1.82) is 0 Å². The van der Waals surface area contributed by atoms with Crippen molar-refractivity contribution in [2.24, 2.45) is 5.92 Å². The maximum atomic E-state index is 4.77. The molecule has 0 radical (unpaired) electrons. The summed E-state index contributed by atoms with van der Waals surface area (Å²) in [6.07, 6.45) is 7.03. The van der Waals surface area contributed by atoms with Gasteiger partial charge in [0, 0.05) is 24.5 Å². The van der Waals surface area contributed by atoms with Gasteiger partial charge in [0.1, 0.15) is 0 Å². The van der Waals surface area contributed by atoms with Crippen LogP contribution in [0.1, 0.15) is 37.8 Å². The molecule has 17 heavy (non-hydrogen) atoms. The third-order valence-corrected chi connectivity index (χ3v) is 5.06. The van der Waals surface area contributed by atoms with Crippen LogP contribution < -0.4 is 10.2 Å². The van der Waals surface area contributed by atoms with Crippen LogP contribution in [0.5, 0.6) is 0 Å². The minimum Gasteiger partial charge on any atom is -0.345 e. The highest BCUT2D eigenvalue weighted by Gasteiger charge is 2.35. The Hall–Kier alpha value is -0.610. The second kappa shape index (κ2) is 4.94. The molecule has 0 bridgehead atoms. The Kier molecular flexibility index (Phi) is 3.34. The molecule has 3 nitrogen and oxygen atoms in total. The Morgan fingerprint density at radius 3 is 3.18 bits per heavy atom. The summed E-state index contributed by atoms with van der Waals surface area (Å²) in [5.41, 5.74) is 1.19. The summed E-state index contributed by atoms with van der Waals surface area (Å²) in [5, 5.41) is 6.63. The van der Waals surface area contributed by atoms with Gasteiger partial charge in [-0.15, -0.1) is 11.3 Å². The van der Waals surface area contributed by atoms with E-state index in [0.29, 0.717) is 0 Å². The minimum atomic E-state index is 0.789. The van der Waals surface area contributed by atoms with E-state index in [2.05, 4.69) is 15.6 Å². The van der Waals surface area contributed by atoms with Gasteiger partial charge in [-0.05, 0) is 38.6 Å². The van der Waals surface area contributed by atoms with Crippen LogP contribution in [0.15, 0.2) is 5.38 Å². The molecule has 4 heteroatoms. The fourth-order valence-electron chi connectivity index (χ4n) is 3.38. The molecule has 1 saturated heterocycles. The quantitative estimate of drug-likeness (QED) is 0.895. The number of nitrogens with one attached hydrogen (secondary N) is 1. The Balaban J connectivity index is 1.77. The number of anilines is 1. The van der Waals surface area contributed by atoms with Gasteiger partial charge in [0.15, 0.2) is 5.13 Å². The van der Waals surface area contributed by atoms with Gasteiger partial charge in [0.2, 0.25) is 0 Å². The average Bonchev–Trinajstić information content (AvgIpc) is 2.96. The van der Waals surface area contributed by atoms with Crippen LogP contribution in [0.25, 0.3) is 0 Å². The van der Waals surface area contributed by atoms with Crippen LogP contribution in [0.4, 0.5) is 5.13 Å². The fourth-order valence-corrected chi connectivity index (χ4v) is 4.29. The number of thiazole rings is 1. The first-order valence-corrected chi connectivity index (χ1v) is 7.62. The number of hydrogen-bond acceptors (Lipinski definition) is 4. The van der Waals surface area contributed by atoms with E-state index < -0.39 is 0 Å². The van der Waals surface area contributed by atoms with Gasteiger partial charge in [0.25, 0.3) is 0 Å². The standard InChI is InChI=1S/C13H21N3S/c1-14-8-11-9-17-13(15-11)16-7-3-5-10-4-2-6-12(10)16/h9-10,12,14H,2-8H2,1H3.